The number of nitrogens with one attached hydrogen (secondary N) is 1. The van der Waals surface area contributed by atoms with Crippen LogP contribution >= 0.6 is 0 Å². The van der Waals surface area contributed by atoms with Gasteiger partial charge in [-0.25, -0.2) is 9.78 Å². The molecule has 1 aliphatic rings. The van der Waals surface area contributed by atoms with Crippen LogP contribution in [0, 0.1) is 0 Å². The Hall–Kier alpha value is -1.62. The van der Waals surface area contributed by atoms with Crippen LogP contribution in [0.25, 0.3) is 0 Å². The minimum Gasteiger partial charge on any atom is -0.462 e. The molecule has 0 aromatic carbocycles. The number of carbonyl (C=O) groups is 1. The Morgan fingerprint density at radius 1 is 1.58 bits per heavy atom. The van der Waals surface area contributed by atoms with Crippen LogP contribution < -0.4 is 10.2 Å². The minimum atomic E-state index is -0.296. The van der Waals surface area contributed by atoms with Crippen molar-refractivity contribution in [1.29, 1.82) is 0 Å². The normalized spacial score (nSPS) is 18.3. The van der Waals surface area contributed by atoms with E-state index in [0.29, 0.717) is 18.2 Å². The maximum absolute atomic E-state index is 12.0. The molecule has 5 heteroatoms. The van der Waals surface area contributed by atoms with Crippen molar-refractivity contribution in [3.05, 3.63) is 23.9 Å². The molecule has 5 nitrogen and oxygen atoms in total. The van der Waals surface area contributed by atoms with Gasteiger partial charge in [0.1, 0.15) is 11.4 Å². The van der Waals surface area contributed by atoms with Gasteiger partial charge in [-0.2, -0.15) is 0 Å². The van der Waals surface area contributed by atoms with Gasteiger partial charge in [-0.1, -0.05) is 0 Å². The molecule has 1 N–H and O–H groups in total. The highest BCUT2D eigenvalue weighted by atomic mass is 16.5. The van der Waals surface area contributed by atoms with E-state index in [4.69, 9.17) is 4.74 Å². The molecule has 2 heterocycles. The number of rotatable bonds is 5. The second-order valence-electron chi connectivity index (χ2n) is 4.53. The van der Waals surface area contributed by atoms with Crippen LogP contribution in [0.3, 0.4) is 0 Å². The van der Waals surface area contributed by atoms with Crippen molar-refractivity contribution in [1.82, 2.24) is 10.3 Å². The first-order valence-corrected chi connectivity index (χ1v) is 6.87. The predicted molar refractivity (Wildman–Crippen MR) is 74.5 cm³/mol. The molecular formula is C14H21N3O2. The van der Waals surface area contributed by atoms with Crippen molar-refractivity contribution in [3.8, 4) is 0 Å². The predicted octanol–water partition coefficient (Wildman–Crippen LogP) is 1.45. The molecule has 1 saturated heterocycles. The second-order valence-corrected chi connectivity index (χ2v) is 4.53. The van der Waals surface area contributed by atoms with E-state index in [2.05, 4.69) is 22.1 Å². The fraction of sp³-hybridized carbons (Fsp3) is 0.571. The highest BCUT2D eigenvalue weighted by Crippen LogP contribution is 2.22. The smallest absolute Gasteiger partial charge is 0.341 e. The summed E-state index contributed by atoms with van der Waals surface area (Å²) in [4.78, 5) is 18.6. The molecule has 1 aromatic rings. The summed E-state index contributed by atoms with van der Waals surface area (Å²) in [5.41, 5.74) is 0.554. The van der Waals surface area contributed by atoms with Crippen LogP contribution in [0.4, 0.5) is 5.82 Å². The van der Waals surface area contributed by atoms with Crippen LogP contribution in [0.15, 0.2) is 18.3 Å². The molecule has 1 atom stereocenters. The standard InChI is InChI=1S/C14H21N3O2/c1-3-17(11-7-9-15-10-11)13-12(6-5-8-16-13)14(18)19-4-2/h5-6,8,11,15H,3-4,7,9-10H2,1-2H3. The quantitative estimate of drug-likeness (QED) is 0.815. The molecule has 1 aliphatic heterocycles. The zero-order valence-corrected chi connectivity index (χ0v) is 11.6. The molecular weight excluding hydrogens is 242 g/mol. The summed E-state index contributed by atoms with van der Waals surface area (Å²) in [5, 5.41) is 3.35. The molecule has 0 radical (unpaired) electrons. The topological polar surface area (TPSA) is 54.5 Å². The zero-order valence-electron chi connectivity index (χ0n) is 11.6. The highest BCUT2D eigenvalue weighted by molar-refractivity contribution is 5.94. The fourth-order valence-electron chi connectivity index (χ4n) is 2.48. The number of hydrogen-bond acceptors (Lipinski definition) is 5. The molecule has 2 rings (SSSR count). The lowest BCUT2D eigenvalue weighted by Gasteiger charge is -2.29. The lowest BCUT2D eigenvalue weighted by Crippen LogP contribution is -2.38. The van der Waals surface area contributed by atoms with Crippen LogP contribution in [-0.2, 0) is 4.74 Å². The Labute approximate surface area is 114 Å². The first kappa shape index (κ1) is 13.8. The SMILES string of the molecule is CCOC(=O)c1cccnc1N(CC)C1CCNC1. The number of pyridine rings is 1. The Morgan fingerprint density at radius 3 is 3.05 bits per heavy atom. The van der Waals surface area contributed by atoms with Crippen molar-refractivity contribution in [2.45, 2.75) is 26.3 Å². The summed E-state index contributed by atoms with van der Waals surface area (Å²) in [6.07, 6.45) is 2.80. The summed E-state index contributed by atoms with van der Waals surface area (Å²) in [5.74, 6) is 0.437. The van der Waals surface area contributed by atoms with Gasteiger partial charge in [-0.05, 0) is 38.9 Å². The number of hydrogen-bond donors (Lipinski definition) is 1. The molecule has 1 unspecified atom stereocenters. The van der Waals surface area contributed by atoms with E-state index in [9.17, 15) is 4.79 Å². The van der Waals surface area contributed by atoms with Gasteiger partial charge in [-0.3, -0.25) is 0 Å². The van der Waals surface area contributed by atoms with Gasteiger partial charge in [0, 0.05) is 25.3 Å². The number of aromatic nitrogens is 1. The van der Waals surface area contributed by atoms with Crippen LogP contribution in [0.5, 0.6) is 0 Å². The molecule has 1 fully saturated rings. The van der Waals surface area contributed by atoms with Crippen LogP contribution in [-0.4, -0.2) is 43.2 Å². The van der Waals surface area contributed by atoms with E-state index in [0.717, 1.165) is 31.9 Å². The second kappa shape index (κ2) is 6.52. The van der Waals surface area contributed by atoms with E-state index in [1.807, 2.05) is 6.92 Å². The average Bonchev–Trinajstić information content (AvgIpc) is 2.94. The summed E-state index contributed by atoms with van der Waals surface area (Å²) in [7, 11) is 0. The van der Waals surface area contributed by atoms with Gasteiger partial charge in [0.25, 0.3) is 0 Å². The first-order chi connectivity index (χ1) is 9.27. The van der Waals surface area contributed by atoms with E-state index in [1.54, 1.807) is 18.3 Å². The number of anilines is 1. The van der Waals surface area contributed by atoms with Crippen molar-refractivity contribution in [2.24, 2.45) is 0 Å². The van der Waals surface area contributed by atoms with E-state index >= 15 is 0 Å². The summed E-state index contributed by atoms with van der Waals surface area (Å²) < 4.78 is 5.10. The largest absolute Gasteiger partial charge is 0.462 e. The lowest BCUT2D eigenvalue weighted by atomic mass is 10.1. The number of likely N-dealkylation sites (N-methyl/N-ethyl adjacent to an activating group) is 1. The Bertz CT molecular complexity index is 430. The number of carbonyl (C=O) groups excluding carboxylic acids is 1. The Balaban J connectivity index is 2.28. The van der Waals surface area contributed by atoms with Crippen LogP contribution in [0.1, 0.15) is 30.6 Å². The molecule has 0 aliphatic carbocycles. The third-order valence-electron chi connectivity index (χ3n) is 3.37. The van der Waals surface area contributed by atoms with Crippen molar-refractivity contribution < 1.29 is 9.53 Å². The Kier molecular flexibility index (Phi) is 4.74. The monoisotopic (exact) mass is 263 g/mol. The van der Waals surface area contributed by atoms with Crippen molar-refractivity contribution >= 4 is 11.8 Å². The van der Waals surface area contributed by atoms with Gasteiger partial charge in [-0.15, -0.1) is 0 Å². The molecule has 0 bridgehead atoms. The zero-order chi connectivity index (χ0) is 13.7. The van der Waals surface area contributed by atoms with Gasteiger partial charge in [0.2, 0.25) is 0 Å². The summed E-state index contributed by atoms with van der Waals surface area (Å²) >= 11 is 0. The van der Waals surface area contributed by atoms with Gasteiger partial charge < -0.3 is 15.0 Å². The number of esters is 1. The van der Waals surface area contributed by atoms with E-state index in [1.165, 1.54) is 0 Å². The van der Waals surface area contributed by atoms with Crippen LogP contribution in [0.2, 0.25) is 0 Å². The highest BCUT2D eigenvalue weighted by Gasteiger charge is 2.26. The third-order valence-corrected chi connectivity index (χ3v) is 3.37. The Morgan fingerprint density at radius 2 is 2.42 bits per heavy atom. The summed E-state index contributed by atoms with van der Waals surface area (Å²) in [6, 6.07) is 3.95. The molecule has 0 amide bonds. The molecule has 0 spiro atoms. The molecule has 104 valence electrons. The number of ether oxygens (including phenoxy) is 1. The van der Waals surface area contributed by atoms with Gasteiger partial charge in [0.05, 0.1) is 6.61 Å². The fourth-order valence-corrected chi connectivity index (χ4v) is 2.48. The van der Waals surface area contributed by atoms with Crippen molar-refractivity contribution in [2.75, 3.05) is 31.1 Å². The maximum Gasteiger partial charge on any atom is 0.341 e. The maximum atomic E-state index is 12.0. The van der Waals surface area contributed by atoms with E-state index in [-0.39, 0.29) is 5.97 Å². The minimum absolute atomic E-state index is 0.296. The van der Waals surface area contributed by atoms with Crippen molar-refractivity contribution in [3.63, 3.8) is 0 Å². The number of nitrogens with zero attached hydrogens (tertiary/aromatic N) is 2. The van der Waals surface area contributed by atoms with Gasteiger partial charge >= 0.3 is 5.97 Å². The summed E-state index contributed by atoms with van der Waals surface area (Å²) in [6.45, 7) is 7.06. The van der Waals surface area contributed by atoms with E-state index < -0.39 is 0 Å². The molecule has 1 aromatic heterocycles. The van der Waals surface area contributed by atoms with Gasteiger partial charge in [0.15, 0.2) is 0 Å². The first-order valence-electron chi connectivity index (χ1n) is 6.87. The molecule has 19 heavy (non-hydrogen) atoms. The average molecular weight is 263 g/mol. The molecule has 0 saturated carbocycles. The third kappa shape index (κ3) is 3.04. The lowest BCUT2D eigenvalue weighted by molar-refractivity contribution is 0.0526.